The van der Waals surface area contributed by atoms with Gasteiger partial charge < -0.3 is 5.73 Å². The van der Waals surface area contributed by atoms with E-state index in [1.165, 1.54) is 0 Å². The van der Waals surface area contributed by atoms with Gasteiger partial charge in [0.1, 0.15) is 6.07 Å². The first-order valence-electron chi connectivity index (χ1n) is 5.22. The topological polar surface area (TPSA) is 67.6 Å². The van der Waals surface area contributed by atoms with Crippen LogP contribution in [-0.4, -0.2) is 15.5 Å². The lowest BCUT2D eigenvalue weighted by Crippen LogP contribution is -1.99. The summed E-state index contributed by atoms with van der Waals surface area (Å²) in [5.41, 5.74) is 7.63. The molecule has 17 heavy (non-hydrogen) atoms. The standard InChI is InChI=1S/C12H12N4S/c1-2-17-12-5-3-4-11(10(12)6-13)16-8-9(14)7-15-16/h3-5,7-8H,2,14H2,1H3. The molecule has 5 heteroatoms. The SMILES string of the molecule is CCSc1cccc(-n2cc(N)cn2)c1C#N. The second-order valence-corrected chi connectivity index (χ2v) is 4.72. The summed E-state index contributed by atoms with van der Waals surface area (Å²) in [6.07, 6.45) is 3.28. The van der Waals surface area contributed by atoms with Gasteiger partial charge in [0.25, 0.3) is 0 Å². The zero-order chi connectivity index (χ0) is 12.3. The third-order valence-electron chi connectivity index (χ3n) is 2.27. The smallest absolute Gasteiger partial charge is 0.103 e. The molecule has 0 saturated carbocycles. The molecule has 0 atom stereocenters. The number of anilines is 1. The minimum absolute atomic E-state index is 0.586. The van der Waals surface area contributed by atoms with Crippen molar-refractivity contribution in [3.05, 3.63) is 36.2 Å². The Morgan fingerprint density at radius 2 is 2.35 bits per heavy atom. The van der Waals surface area contributed by atoms with Crippen molar-refractivity contribution < 1.29 is 0 Å². The van der Waals surface area contributed by atoms with Gasteiger partial charge in [0.05, 0.1) is 29.3 Å². The molecule has 1 heterocycles. The molecule has 0 saturated heterocycles. The lowest BCUT2D eigenvalue weighted by Gasteiger charge is -2.07. The van der Waals surface area contributed by atoms with E-state index >= 15 is 0 Å². The van der Waals surface area contributed by atoms with Gasteiger partial charge in [-0.05, 0) is 17.9 Å². The minimum Gasteiger partial charge on any atom is -0.396 e. The van der Waals surface area contributed by atoms with Crippen molar-refractivity contribution in [1.82, 2.24) is 9.78 Å². The van der Waals surface area contributed by atoms with E-state index in [0.29, 0.717) is 11.3 Å². The average Bonchev–Trinajstić information content (AvgIpc) is 2.76. The van der Waals surface area contributed by atoms with E-state index < -0.39 is 0 Å². The molecule has 0 aliphatic rings. The van der Waals surface area contributed by atoms with Crippen LogP contribution in [-0.2, 0) is 0 Å². The number of nitrogen functional groups attached to an aromatic ring is 1. The fourth-order valence-electron chi connectivity index (χ4n) is 1.57. The second kappa shape index (κ2) is 4.93. The molecule has 2 rings (SSSR count). The Morgan fingerprint density at radius 3 is 2.94 bits per heavy atom. The van der Waals surface area contributed by atoms with Gasteiger partial charge in [-0.1, -0.05) is 13.0 Å². The van der Waals surface area contributed by atoms with Crippen molar-refractivity contribution >= 4 is 17.4 Å². The average molecular weight is 244 g/mol. The van der Waals surface area contributed by atoms with E-state index in [9.17, 15) is 5.26 Å². The number of hydrogen-bond acceptors (Lipinski definition) is 4. The van der Waals surface area contributed by atoms with Crippen LogP contribution in [0.15, 0.2) is 35.5 Å². The first-order chi connectivity index (χ1) is 8.26. The van der Waals surface area contributed by atoms with Gasteiger partial charge in [-0.2, -0.15) is 10.4 Å². The Hall–Kier alpha value is -1.93. The summed E-state index contributed by atoms with van der Waals surface area (Å²) in [5.74, 6) is 0.930. The zero-order valence-corrected chi connectivity index (χ0v) is 10.2. The number of benzene rings is 1. The van der Waals surface area contributed by atoms with Crippen LogP contribution >= 0.6 is 11.8 Å². The monoisotopic (exact) mass is 244 g/mol. The third-order valence-corrected chi connectivity index (χ3v) is 3.21. The fraction of sp³-hybridized carbons (Fsp3) is 0.167. The number of nitrogens with zero attached hydrogens (tertiary/aromatic N) is 3. The first-order valence-corrected chi connectivity index (χ1v) is 6.21. The van der Waals surface area contributed by atoms with Crippen LogP contribution in [0.1, 0.15) is 12.5 Å². The summed E-state index contributed by atoms with van der Waals surface area (Å²) in [5, 5.41) is 13.4. The minimum atomic E-state index is 0.586. The summed E-state index contributed by atoms with van der Waals surface area (Å²) in [7, 11) is 0. The molecule has 0 fully saturated rings. The van der Waals surface area contributed by atoms with E-state index in [4.69, 9.17) is 5.73 Å². The molecule has 0 bridgehead atoms. The van der Waals surface area contributed by atoms with Crippen molar-refractivity contribution in [2.24, 2.45) is 0 Å². The maximum absolute atomic E-state index is 9.26. The Labute approximate surface area is 104 Å². The number of nitrogens with two attached hydrogens (primary N) is 1. The van der Waals surface area contributed by atoms with E-state index in [1.807, 2.05) is 18.2 Å². The predicted molar refractivity (Wildman–Crippen MR) is 69.1 cm³/mol. The van der Waals surface area contributed by atoms with Crippen LogP contribution in [0.25, 0.3) is 5.69 Å². The van der Waals surface area contributed by atoms with Gasteiger partial charge in [0, 0.05) is 4.90 Å². The molecular weight excluding hydrogens is 232 g/mol. The molecule has 2 aromatic rings. The van der Waals surface area contributed by atoms with Crippen LogP contribution in [0, 0.1) is 11.3 Å². The van der Waals surface area contributed by atoms with Gasteiger partial charge in [0.2, 0.25) is 0 Å². The van der Waals surface area contributed by atoms with Crippen molar-refractivity contribution in [1.29, 1.82) is 5.26 Å². The van der Waals surface area contributed by atoms with E-state index in [-0.39, 0.29) is 0 Å². The van der Waals surface area contributed by atoms with Crippen LogP contribution in [0.2, 0.25) is 0 Å². The molecule has 0 spiro atoms. The molecule has 0 aliphatic carbocycles. The Morgan fingerprint density at radius 1 is 1.53 bits per heavy atom. The third kappa shape index (κ3) is 2.27. The van der Waals surface area contributed by atoms with Gasteiger partial charge >= 0.3 is 0 Å². The zero-order valence-electron chi connectivity index (χ0n) is 9.42. The van der Waals surface area contributed by atoms with Crippen LogP contribution in [0.5, 0.6) is 0 Å². The Kier molecular flexibility index (Phi) is 3.35. The summed E-state index contributed by atoms with van der Waals surface area (Å²) in [4.78, 5) is 0.974. The van der Waals surface area contributed by atoms with E-state index in [2.05, 4.69) is 18.1 Å². The molecule has 2 N–H and O–H groups in total. The summed E-state index contributed by atoms with van der Waals surface area (Å²) >= 11 is 1.65. The normalized spacial score (nSPS) is 10.1. The van der Waals surface area contributed by atoms with Crippen LogP contribution in [0.3, 0.4) is 0 Å². The number of thioether (sulfide) groups is 1. The van der Waals surface area contributed by atoms with Crippen molar-refractivity contribution in [2.45, 2.75) is 11.8 Å². The van der Waals surface area contributed by atoms with Gasteiger partial charge in [-0.3, -0.25) is 0 Å². The van der Waals surface area contributed by atoms with Crippen molar-refractivity contribution in [3.8, 4) is 11.8 Å². The molecule has 0 unspecified atom stereocenters. The lowest BCUT2D eigenvalue weighted by molar-refractivity contribution is 0.873. The second-order valence-electron chi connectivity index (χ2n) is 3.41. The molecular formula is C12H12N4S. The highest BCUT2D eigenvalue weighted by atomic mass is 32.2. The van der Waals surface area contributed by atoms with Crippen LogP contribution in [0.4, 0.5) is 5.69 Å². The van der Waals surface area contributed by atoms with Crippen molar-refractivity contribution in [3.63, 3.8) is 0 Å². The van der Waals surface area contributed by atoms with E-state index in [0.717, 1.165) is 16.3 Å². The van der Waals surface area contributed by atoms with E-state index in [1.54, 1.807) is 28.8 Å². The van der Waals surface area contributed by atoms with Crippen molar-refractivity contribution in [2.75, 3.05) is 11.5 Å². The Balaban J connectivity index is 2.54. The molecule has 86 valence electrons. The number of nitriles is 1. The number of aromatic nitrogens is 2. The largest absolute Gasteiger partial charge is 0.396 e. The number of rotatable bonds is 3. The molecule has 0 radical (unpaired) electrons. The number of hydrogen-bond donors (Lipinski definition) is 1. The predicted octanol–water partition coefficient (Wildman–Crippen LogP) is 2.44. The molecule has 0 amide bonds. The first kappa shape index (κ1) is 11.6. The van der Waals surface area contributed by atoms with Gasteiger partial charge in [-0.15, -0.1) is 11.8 Å². The quantitative estimate of drug-likeness (QED) is 0.842. The van der Waals surface area contributed by atoms with Gasteiger partial charge in [-0.25, -0.2) is 4.68 Å². The lowest BCUT2D eigenvalue weighted by atomic mass is 10.2. The highest BCUT2D eigenvalue weighted by molar-refractivity contribution is 7.99. The fourth-order valence-corrected chi connectivity index (χ4v) is 2.35. The Bertz CT molecular complexity index is 568. The molecule has 0 aliphatic heterocycles. The molecule has 4 nitrogen and oxygen atoms in total. The molecule has 1 aromatic carbocycles. The summed E-state index contributed by atoms with van der Waals surface area (Å²) < 4.78 is 1.63. The van der Waals surface area contributed by atoms with Crippen LogP contribution < -0.4 is 5.73 Å². The maximum Gasteiger partial charge on any atom is 0.103 e. The maximum atomic E-state index is 9.26. The summed E-state index contributed by atoms with van der Waals surface area (Å²) in [6, 6.07) is 7.97. The molecule has 1 aromatic heterocycles. The highest BCUT2D eigenvalue weighted by Gasteiger charge is 2.10. The summed E-state index contributed by atoms with van der Waals surface area (Å²) in [6.45, 7) is 2.06. The highest BCUT2D eigenvalue weighted by Crippen LogP contribution is 2.26. The van der Waals surface area contributed by atoms with Gasteiger partial charge in [0.15, 0.2) is 0 Å².